The van der Waals surface area contributed by atoms with Gasteiger partial charge in [0.15, 0.2) is 0 Å². The fourth-order valence-corrected chi connectivity index (χ4v) is 3.38. The molecule has 0 radical (unpaired) electrons. The number of amides is 2. The Balaban J connectivity index is 1.29. The first-order valence-electron chi connectivity index (χ1n) is 8.37. The molecule has 1 aromatic carbocycles. The van der Waals surface area contributed by atoms with Crippen molar-refractivity contribution in [1.29, 1.82) is 0 Å². The Labute approximate surface area is 150 Å². The summed E-state index contributed by atoms with van der Waals surface area (Å²) in [5.41, 5.74) is 2.75. The molecule has 1 aliphatic carbocycles. The quantitative estimate of drug-likeness (QED) is 0.707. The fraction of sp³-hybridized carbons (Fsp3) is 0.389. The number of phenolic OH excluding ortho intramolecular Hbond substituents is 1. The zero-order valence-electron chi connectivity index (χ0n) is 13.8. The highest BCUT2D eigenvalue weighted by atomic mass is 32.1. The number of aromatic hydroxyl groups is 1. The molecule has 2 aromatic rings. The van der Waals surface area contributed by atoms with Crippen LogP contribution < -0.4 is 10.6 Å². The van der Waals surface area contributed by atoms with Crippen LogP contribution in [0.1, 0.15) is 40.9 Å². The van der Waals surface area contributed by atoms with Gasteiger partial charge < -0.3 is 15.7 Å². The molecule has 0 unspecified atom stereocenters. The molecule has 0 spiro atoms. The van der Waals surface area contributed by atoms with E-state index in [9.17, 15) is 14.7 Å². The zero-order chi connectivity index (χ0) is 17.6. The molecular weight excluding hydrogens is 338 g/mol. The Hall–Kier alpha value is -2.41. The van der Waals surface area contributed by atoms with Gasteiger partial charge in [-0.3, -0.25) is 14.6 Å². The molecule has 2 amide bonds. The maximum absolute atomic E-state index is 12.0. The lowest BCUT2D eigenvalue weighted by Gasteiger charge is -2.36. The van der Waals surface area contributed by atoms with Crippen LogP contribution in [-0.4, -0.2) is 34.0 Å². The summed E-state index contributed by atoms with van der Waals surface area (Å²) in [6.07, 6.45) is 5.17. The largest absolute Gasteiger partial charge is 0.508 e. The number of hydrogen-bond donors (Lipinski definition) is 3. The minimum Gasteiger partial charge on any atom is -0.508 e. The predicted octanol–water partition coefficient (Wildman–Crippen LogP) is 2.25. The van der Waals surface area contributed by atoms with E-state index in [-0.39, 0.29) is 29.6 Å². The van der Waals surface area contributed by atoms with E-state index in [0.29, 0.717) is 11.3 Å². The number of nitrogens with zero attached hydrogens (tertiary/aromatic N) is 1. The molecule has 1 aromatic heterocycles. The van der Waals surface area contributed by atoms with Crippen LogP contribution in [0.4, 0.5) is 0 Å². The third-order valence-electron chi connectivity index (χ3n) is 4.30. The van der Waals surface area contributed by atoms with E-state index in [1.165, 1.54) is 11.3 Å². The number of thiazole rings is 1. The summed E-state index contributed by atoms with van der Waals surface area (Å²) >= 11 is 1.32. The van der Waals surface area contributed by atoms with Crippen LogP contribution in [-0.2, 0) is 11.2 Å². The lowest BCUT2D eigenvalue weighted by atomic mass is 9.86. The van der Waals surface area contributed by atoms with Gasteiger partial charge in [0.2, 0.25) is 5.91 Å². The van der Waals surface area contributed by atoms with E-state index in [4.69, 9.17) is 0 Å². The number of rotatable bonds is 7. The number of carbonyl (C=O) groups is 2. The third-order valence-corrected chi connectivity index (χ3v) is 5.07. The maximum atomic E-state index is 12.0. The van der Waals surface area contributed by atoms with Crippen LogP contribution >= 0.6 is 11.3 Å². The van der Waals surface area contributed by atoms with Crippen LogP contribution in [0.5, 0.6) is 5.75 Å². The van der Waals surface area contributed by atoms with Gasteiger partial charge in [0, 0.05) is 18.5 Å². The summed E-state index contributed by atoms with van der Waals surface area (Å²) in [6, 6.07) is 7.32. The van der Waals surface area contributed by atoms with E-state index >= 15 is 0 Å². The van der Waals surface area contributed by atoms with E-state index < -0.39 is 0 Å². The Kier molecular flexibility index (Phi) is 5.65. The second-order valence-corrected chi connectivity index (χ2v) is 7.18. The van der Waals surface area contributed by atoms with Gasteiger partial charge in [0.25, 0.3) is 5.91 Å². The summed E-state index contributed by atoms with van der Waals surface area (Å²) in [7, 11) is 0. The van der Waals surface area contributed by atoms with Crippen molar-refractivity contribution in [2.75, 3.05) is 0 Å². The Bertz CT molecular complexity index is 710. The highest BCUT2D eigenvalue weighted by molar-refractivity contribution is 7.11. The molecule has 1 saturated carbocycles. The van der Waals surface area contributed by atoms with E-state index in [2.05, 4.69) is 15.6 Å². The molecule has 1 heterocycles. The molecule has 0 saturated heterocycles. The van der Waals surface area contributed by atoms with Gasteiger partial charge in [-0.2, -0.15) is 0 Å². The van der Waals surface area contributed by atoms with Crippen molar-refractivity contribution >= 4 is 23.2 Å². The summed E-state index contributed by atoms with van der Waals surface area (Å²) in [4.78, 5) is 28.4. The summed E-state index contributed by atoms with van der Waals surface area (Å²) < 4.78 is 0. The Morgan fingerprint density at radius 2 is 1.88 bits per heavy atom. The average Bonchev–Trinajstić information content (AvgIpc) is 3.09. The second kappa shape index (κ2) is 8.11. The summed E-state index contributed by atoms with van der Waals surface area (Å²) in [6.45, 7) is 0. The number of aryl methyl sites for hydroxylation is 1. The first kappa shape index (κ1) is 17.4. The van der Waals surface area contributed by atoms with Crippen LogP contribution in [0.25, 0.3) is 0 Å². The lowest BCUT2D eigenvalue weighted by Crippen LogP contribution is -2.53. The van der Waals surface area contributed by atoms with Crippen LogP contribution in [0, 0.1) is 0 Å². The van der Waals surface area contributed by atoms with Crippen molar-refractivity contribution in [1.82, 2.24) is 15.6 Å². The van der Waals surface area contributed by atoms with Crippen LogP contribution in [0.2, 0.25) is 0 Å². The van der Waals surface area contributed by atoms with E-state index in [1.54, 1.807) is 23.8 Å². The molecular formula is C18H21N3O3S. The first-order chi connectivity index (χ1) is 12.1. The van der Waals surface area contributed by atoms with Crippen molar-refractivity contribution in [3.63, 3.8) is 0 Å². The minimum atomic E-state index is -0.0915. The molecule has 3 N–H and O–H groups in total. The van der Waals surface area contributed by atoms with Gasteiger partial charge >= 0.3 is 0 Å². The number of carbonyl (C=O) groups excluding carboxylic acids is 2. The normalized spacial score (nSPS) is 19.0. The number of aromatic nitrogens is 1. The van der Waals surface area contributed by atoms with Gasteiger partial charge in [-0.15, -0.1) is 11.3 Å². The van der Waals surface area contributed by atoms with Crippen molar-refractivity contribution in [3.8, 4) is 5.75 Å². The monoisotopic (exact) mass is 359 g/mol. The number of phenols is 1. The van der Waals surface area contributed by atoms with E-state index in [0.717, 1.165) is 31.2 Å². The van der Waals surface area contributed by atoms with Crippen LogP contribution in [0.3, 0.4) is 0 Å². The van der Waals surface area contributed by atoms with E-state index in [1.807, 2.05) is 12.1 Å². The molecule has 0 bridgehead atoms. The molecule has 0 atom stereocenters. The Morgan fingerprint density at radius 3 is 2.56 bits per heavy atom. The van der Waals surface area contributed by atoms with Gasteiger partial charge in [0.05, 0.1) is 11.7 Å². The van der Waals surface area contributed by atoms with Crippen molar-refractivity contribution in [2.24, 2.45) is 0 Å². The fourth-order valence-electron chi connectivity index (χ4n) is 2.85. The smallest absolute Gasteiger partial charge is 0.263 e. The topological polar surface area (TPSA) is 91.3 Å². The molecule has 1 aliphatic rings. The van der Waals surface area contributed by atoms with Crippen molar-refractivity contribution in [2.45, 2.75) is 44.2 Å². The number of benzene rings is 1. The molecule has 25 heavy (non-hydrogen) atoms. The predicted molar refractivity (Wildman–Crippen MR) is 95.6 cm³/mol. The average molecular weight is 359 g/mol. The number of hydrogen-bond acceptors (Lipinski definition) is 5. The molecule has 1 fully saturated rings. The van der Waals surface area contributed by atoms with Gasteiger partial charge in [-0.05, 0) is 43.4 Å². The second-order valence-electron chi connectivity index (χ2n) is 6.29. The van der Waals surface area contributed by atoms with Gasteiger partial charge in [0.1, 0.15) is 10.6 Å². The highest BCUT2D eigenvalue weighted by Gasteiger charge is 2.31. The van der Waals surface area contributed by atoms with Gasteiger partial charge in [-0.1, -0.05) is 12.1 Å². The standard InChI is InChI=1S/C18H21N3O3S/c22-15-6-4-12(5-7-15)2-1-3-17(23)20-13-8-14(9-13)21-18(24)16-10-19-11-25-16/h4-7,10-11,13-14,22H,1-3,8-9H2,(H,20,23)(H,21,24). The van der Waals surface area contributed by atoms with Crippen LogP contribution in [0.15, 0.2) is 36.0 Å². The SMILES string of the molecule is O=C(CCCc1ccc(O)cc1)NC1CC(NC(=O)c2cncs2)C1. The highest BCUT2D eigenvalue weighted by Crippen LogP contribution is 2.21. The molecule has 3 rings (SSSR count). The van der Waals surface area contributed by atoms with Gasteiger partial charge in [-0.25, -0.2) is 0 Å². The first-order valence-corrected chi connectivity index (χ1v) is 9.25. The minimum absolute atomic E-state index is 0.0519. The molecule has 0 aliphatic heterocycles. The molecule has 7 heteroatoms. The van der Waals surface area contributed by atoms with Crippen molar-refractivity contribution in [3.05, 3.63) is 46.4 Å². The zero-order valence-corrected chi connectivity index (χ0v) is 14.6. The van der Waals surface area contributed by atoms with Crippen molar-refractivity contribution < 1.29 is 14.7 Å². The number of nitrogens with one attached hydrogen (secondary N) is 2. The molecule has 132 valence electrons. The maximum Gasteiger partial charge on any atom is 0.263 e. The lowest BCUT2D eigenvalue weighted by molar-refractivity contribution is -0.122. The summed E-state index contributed by atoms with van der Waals surface area (Å²) in [5, 5.41) is 15.2. The Morgan fingerprint density at radius 1 is 1.16 bits per heavy atom. The third kappa shape index (κ3) is 5.03. The molecule has 6 nitrogen and oxygen atoms in total. The summed E-state index contributed by atoms with van der Waals surface area (Å²) in [5.74, 6) is 0.214.